The molecular weight excluding hydrogens is 392 g/mol. The molecule has 144 valence electrons. The average molecular weight is 413 g/mol. The minimum absolute atomic E-state index is 0.00142. The number of hydrogen-bond donors (Lipinski definition) is 2. The molecule has 0 radical (unpaired) electrons. The molecule has 28 heavy (non-hydrogen) atoms. The lowest BCUT2D eigenvalue weighted by Crippen LogP contribution is -2.06. The Hall–Kier alpha value is -2.71. The van der Waals surface area contributed by atoms with Gasteiger partial charge in [0, 0.05) is 23.9 Å². The largest absolute Gasteiger partial charge is 0.330 e. The highest BCUT2D eigenvalue weighted by Crippen LogP contribution is 2.29. The maximum absolute atomic E-state index is 12.4. The van der Waals surface area contributed by atoms with Crippen LogP contribution >= 0.6 is 23.1 Å². The maximum atomic E-state index is 12.4. The van der Waals surface area contributed by atoms with Crippen LogP contribution in [0.4, 0.5) is 16.5 Å². The SMILES string of the molecule is CC(=O)Nc1ccc(C(=O)CSc2nnc(Nc3ccc(C)cc3C)s2)cc1. The normalized spacial score (nSPS) is 10.5. The molecule has 6 nitrogen and oxygen atoms in total. The van der Waals surface area contributed by atoms with Gasteiger partial charge in [-0.3, -0.25) is 9.59 Å². The molecule has 0 aliphatic carbocycles. The minimum Gasteiger partial charge on any atom is -0.330 e. The van der Waals surface area contributed by atoms with Gasteiger partial charge < -0.3 is 10.6 Å². The van der Waals surface area contributed by atoms with Gasteiger partial charge in [0.2, 0.25) is 11.0 Å². The predicted octanol–water partition coefficient (Wildman–Crippen LogP) is 4.83. The van der Waals surface area contributed by atoms with Gasteiger partial charge in [0.25, 0.3) is 0 Å². The smallest absolute Gasteiger partial charge is 0.221 e. The van der Waals surface area contributed by atoms with E-state index in [0.717, 1.165) is 15.6 Å². The summed E-state index contributed by atoms with van der Waals surface area (Å²) in [5.41, 5.74) is 4.61. The van der Waals surface area contributed by atoms with Crippen LogP contribution in [0.1, 0.15) is 28.4 Å². The van der Waals surface area contributed by atoms with Crippen molar-refractivity contribution in [1.82, 2.24) is 10.2 Å². The monoisotopic (exact) mass is 412 g/mol. The standard InChI is InChI=1S/C20H20N4O2S2/c1-12-4-9-17(13(2)10-12)22-19-23-24-20(28-19)27-11-18(26)15-5-7-16(8-6-15)21-14(3)25/h4-10H,11H2,1-3H3,(H,21,25)(H,22,23). The number of anilines is 3. The first-order valence-corrected chi connectivity index (χ1v) is 10.4. The second kappa shape index (κ2) is 8.99. The number of thioether (sulfide) groups is 1. The Kier molecular flexibility index (Phi) is 6.43. The van der Waals surface area contributed by atoms with Crippen LogP contribution in [0.2, 0.25) is 0 Å². The zero-order valence-corrected chi connectivity index (χ0v) is 17.4. The van der Waals surface area contributed by atoms with Gasteiger partial charge in [-0.15, -0.1) is 10.2 Å². The van der Waals surface area contributed by atoms with Crippen molar-refractivity contribution < 1.29 is 9.59 Å². The van der Waals surface area contributed by atoms with E-state index in [9.17, 15) is 9.59 Å². The number of carbonyl (C=O) groups excluding carboxylic acids is 2. The van der Waals surface area contributed by atoms with Gasteiger partial charge in [-0.2, -0.15) is 0 Å². The molecule has 2 aromatic carbocycles. The molecule has 1 amide bonds. The van der Waals surface area contributed by atoms with Crippen molar-refractivity contribution in [3.63, 3.8) is 0 Å². The van der Waals surface area contributed by atoms with Gasteiger partial charge in [-0.25, -0.2) is 0 Å². The van der Waals surface area contributed by atoms with Crippen LogP contribution < -0.4 is 10.6 Å². The molecule has 0 spiro atoms. The molecule has 0 saturated heterocycles. The van der Waals surface area contributed by atoms with Gasteiger partial charge in [-0.05, 0) is 49.7 Å². The summed E-state index contributed by atoms with van der Waals surface area (Å²) >= 11 is 2.78. The first-order valence-electron chi connectivity index (χ1n) is 8.62. The number of aryl methyl sites for hydroxylation is 2. The van der Waals surface area contributed by atoms with E-state index in [2.05, 4.69) is 33.8 Å². The predicted molar refractivity (Wildman–Crippen MR) is 115 cm³/mol. The zero-order chi connectivity index (χ0) is 20.1. The molecule has 0 unspecified atom stereocenters. The molecule has 2 N–H and O–H groups in total. The Bertz CT molecular complexity index is 1000. The Morgan fingerprint density at radius 3 is 2.50 bits per heavy atom. The van der Waals surface area contributed by atoms with Crippen LogP contribution in [0, 0.1) is 13.8 Å². The number of nitrogens with zero attached hydrogens (tertiary/aromatic N) is 2. The lowest BCUT2D eigenvalue weighted by atomic mass is 10.1. The number of ketones is 1. The van der Waals surface area contributed by atoms with Gasteiger partial charge in [-0.1, -0.05) is 40.8 Å². The third-order valence-corrected chi connectivity index (χ3v) is 5.86. The molecule has 0 fully saturated rings. The third kappa shape index (κ3) is 5.40. The van der Waals surface area contributed by atoms with Crippen LogP contribution in [0.5, 0.6) is 0 Å². The third-order valence-electron chi connectivity index (χ3n) is 3.88. The van der Waals surface area contributed by atoms with Gasteiger partial charge in [0.15, 0.2) is 10.1 Å². The summed E-state index contributed by atoms with van der Waals surface area (Å²) in [4.78, 5) is 23.4. The minimum atomic E-state index is -0.142. The number of nitrogens with one attached hydrogen (secondary N) is 2. The van der Waals surface area contributed by atoms with Crippen LogP contribution in [-0.2, 0) is 4.79 Å². The number of benzene rings is 2. The van der Waals surface area contributed by atoms with Crippen molar-refractivity contribution in [2.45, 2.75) is 25.1 Å². The van der Waals surface area contributed by atoms with Crippen LogP contribution in [0.15, 0.2) is 46.8 Å². The van der Waals surface area contributed by atoms with Gasteiger partial charge >= 0.3 is 0 Å². The molecule has 3 aromatic rings. The second-order valence-electron chi connectivity index (χ2n) is 6.29. The van der Waals surface area contributed by atoms with E-state index in [-0.39, 0.29) is 17.4 Å². The highest BCUT2D eigenvalue weighted by atomic mass is 32.2. The molecule has 8 heteroatoms. The Labute approximate surface area is 171 Å². The average Bonchev–Trinajstić information content (AvgIpc) is 3.10. The van der Waals surface area contributed by atoms with Crippen LogP contribution in [-0.4, -0.2) is 27.6 Å². The highest BCUT2D eigenvalue weighted by molar-refractivity contribution is 8.01. The summed E-state index contributed by atoms with van der Waals surface area (Å²) in [7, 11) is 0. The van der Waals surface area contributed by atoms with Crippen molar-refractivity contribution in [2.24, 2.45) is 0 Å². The topological polar surface area (TPSA) is 84.0 Å². The second-order valence-corrected chi connectivity index (χ2v) is 8.49. The van der Waals surface area contributed by atoms with Crippen molar-refractivity contribution in [3.8, 4) is 0 Å². The van der Waals surface area contributed by atoms with E-state index in [4.69, 9.17) is 0 Å². The lowest BCUT2D eigenvalue weighted by Gasteiger charge is -2.06. The van der Waals surface area contributed by atoms with E-state index in [1.54, 1.807) is 24.3 Å². The van der Waals surface area contributed by atoms with Crippen molar-refractivity contribution >= 4 is 51.3 Å². The molecule has 0 atom stereocenters. The molecule has 0 bridgehead atoms. The molecular formula is C20H20N4O2S2. The summed E-state index contributed by atoms with van der Waals surface area (Å²) in [6.45, 7) is 5.55. The number of rotatable bonds is 7. The molecule has 1 heterocycles. The fourth-order valence-corrected chi connectivity index (χ4v) is 4.20. The molecule has 0 aliphatic rings. The number of carbonyl (C=O) groups is 2. The van der Waals surface area contributed by atoms with Gasteiger partial charge in [0.1, 0.15) is 0 Å². The summed E-state index contributed by atoms with van der Waals surface area (Å²) < 4.78 is 0.732. The molecule has 0 aliphatic heterocycles. The van der Waals surface area contributed by atoms with Gasteiger partial charge in [0.05, 0.1) is 5.75 Å². The number of aromatic nitrogens is 2. The summed E-state index contributed by atoms with van der Waals surface area (Å²) in [6, 6.07) is 13.0. The quantitative estimate of drug-likeness (QED) is 0.427. The summed E-state index contributed by atoms with van der Waals surface area (Å²) in [6.07, 6.45) is 0. The lowest BCUT2D eigenvalue weighted by molar-refractivity contribution is -0.114. The molecule has 0 saturated carbocycles. The van der Waals surface area contributed by atoms with Crippen molar-refractivity contribution in [2.75, 3.05) is 16.4 Å². The van der Waals surface area contributed by atoms with E-state index < -0.39 is 0 Å². The molecule has 1 aromatic heterocycles. The zero-order valence-electron chi connectivity index (χ0n) is 15.8. The number of hydrogen-bond acceptors (Lipinski definition) is 7. The Balaban J connectivity index is 1.56. The number of amides is 1. The fourth-order valence-electron chi connectivity index (χ4n) is 2.54. The molecule has 3 rings (SSSR count). The summed E-state index contributed by atoms with van der Waals surface area (Å²) in [5, 5.41) is 14.9. The van der Waals surface area contributed by atoms with E-state index in [1.807, 2.05) is 19.1 Å². The van der Waals surface area contributed by atoms with E-state index in [0.29, 0.717) is 16.4 Å². The first-order chi connectivity index (χ1) is 13.4. The highest BCUT2D eigenvalue weighted by Gasteiger charge is 2.11. The fraction of sp³-hybridized carbons (Fsp3) is 0.200. The van der Waals surface area contributed by atoms with E-state index >= 15 is 0 Å². The van der Waals surface area contributed by atoms with Crippen LogP contribution in [0.25, 0.3) is 0 Å². The maximum Gasteiger partial charge on any atom is 0.221 e. The van der Waals surface area contributed by atoms with Crippen molar-refractivity contribution in [3.05, 3.63) is 59.2 Å². The van der Waals surface area contributed by atoms with E-state index in [1.165, 1.54) is 35.6 Å². The van der Waals surface area contributed by atoms with Crippen molar-refractivity contribution in [1.29, 1.82) is 0 Å². The number of Topliss-reactive ketones (excluding diaryl/α,β-unsaturated/α-hetero) is 1. The Morgan fingerprint density at radius 1 is 1.07 bits per heavy atom. The first kappa shape index (κ1) is 20.0. The summed E-state index contributed by atoms with van der Waals surface area (Å²) in [5.74, 6) is 0.132. The van der Waals surface area contributed by atoms with Crippen LogP contribution in [0.3, 0.4) is 0 Å². The Morgan fingerprint density at radius 2 is 1.82 bits per heavy atom.